The van der Waals surface area contributed by atoms with Crippen LogP contribution in [0.1, 0.15) is 16.1 Å². The topological polar surface area (TPSA) is 116 Å². The van der Waals surface area contributed by atoms with Gasteiger partial charge in [-0.05, 0) is 18.2 Å². The Morgan fingerprint density at radius 1 is 1.16 bits per heavy atom. The fourth-order valence-corrected chi connectivity index (χ4v) is 2.36. The molecular formula is C16H8F7N5O3. The lowest BCUT2D eigenvalue weighted by atomic mass is 10.1. The first-order valence-corrected chi connectivity index (χ1v) is 7.86. The zero-order valence-electron chi connectivity index (χ0n) is 14.7. The van der Waals surface area contributed by atoms with Gasteiger partial charge in [0.2, 0.25) is 0 Å². The monoisotopic (exact) mass is 451 g/mol. The van der Waals surface area contributed by atoms with Crippen LogP contribution in [0.15, 0.2) is 35.2 Å². The molecule has 3 aromatic rings. The van der Waals surface area contributed by atoms with Crippen molar-refractivity contribution >= 4 is 17.5 Å². The molecule has 2 aromatic heterocycles. The number of rotatable bonds is 4. The highest BCUT2D eigenvalue weighted by Gasteiger charge is 2.39. The van der Waals surface area contributed by atoms with Gasteiger partial charge in [-0.15, -0.1) is 13.2 Å². The number of amides is 1. The number of anilines is 2. The third-order valence-corrected chi connectivity index (χ3v) is 3.55. The SMILES string of the molecule is Nc1nc(NC(=O)c2conc2C(F)(F)F)cnc1-c1cc(F)ccc1OC(F)(F)F. The maximum Gasteiger partial charge on any atom is 0.573 e. The van der Waals surface area contributed by atoms with Gasteiger partial charge in [-0.1, -0.05) is 5.16 Å². The summed E-state index contributed by atoms with van der Waals surface area (Å²) in [4.78, 5) is 19.4. The molecule has 3 N–H and O–H groups in total. The van der Waals surface area contributed by atoms with Crippen molar-refractivity contribution in [1.82, 2.24) is 15.1 Å². The minimum absolute atomic E-state index is 0.433. The second kappa shape index (κ2) is 7.73. The summed E-state index contributed by atoms with van der Waals surface area (Å²) < 4.78 is 97.6. The van der Waals surface area contributed by atoms with Crippen molar-refractivity contribution in [2.24, 2.45) is 0 Å². The number of nitrogen functional groups attached to an aromatic ring is 1. The summed E-state index contributed by atoms with van der Waals surface area (Å²) in [7, 11) is 0. The summed E-state index contributed by atoms with van der Waals surface area (Å²) in [5.74, 6) is -4.10. The maximum absolute atomic E-state index is 13.6. The molecule has 8 nitrogen and oxygen atoms in total. The van der Waals surface area contributed by atoms with Gasteiger partial charge in [-0.3, -0.25) is 4.79 Å². The number of ether oxygens (including phenoxy) is 1. The van der Waals surface area contributed by atoms with E-state index in [1.165, 1.54) is 0 Å². The molecule has 0 saturated heterocycles. The van der Waals surface area contributed by atoms with E-state index in [1.54, 1.807) is 0 Å². The van der Waals surface area contributed by atoms with Gasteiger partial charge in [-0.25, -0.2) is 14.4 Å². The number of nitrogens with zero attached hydrogens (tertiary/aromatic N) is 3. The van der Waals surface area contributed by atoms with Gasteiger partial charge in [0.15, 0.2) is 17.3 Å². The number of halogens is 7. The molecule has 0 bridgehead atoms. The molecule has 31 heavy (non-hydrogen) atoms. The first-order chi connectivity index (χ1) is 14.3. The molecule has 0 fully saturated rings. The van der Waals surface area contributed by atoms with Crippen LogP contribution in [0.25, 0.3) is 11.3 Å². The van der Waals surface area contributed by atoms with Crippen LogP contribution in [-0.2, 0) is 6.18 Å². The van der Waals surface area contributed by atoms with Crippen LogP contribution in [0.3, 0.4) is 0 Å². The van der Waals surface area contributed by atoms with Gasteiger partial charge in [0, 0.05) is 5.56 Å². The third kappa shape index (κ3) is 4.99. The molecule has 15 heteroatoms. The predicted molar refractivity (Wildman–Crippen MR) is 88.0 cm³/mol. The summed E-state index contributed by atoms with van der Waals surface area (Å²) in [6.07, 6.45) is -8.83. The second-order valence-electron chi connectivity index (χ2n) is 5.71. The van der Waals surface area contributed by atoms with Gasteiger partial charge in [0.05, 0.1) is 6.20 Å². The lowest BCUT2D eigenvalue weighted by molar-refractivity contribution is -0.274. The molecule has 0 aliphatic rings. The predicted octanol–water partition coefficient (Wildman–Crippen LogP) is 4.02. The Morgan fingerprint density at radius 3 is 2.48 bits per heavy atom. The first kappa shape index (κ1) is 21.8. The number of aromatic nitrogens is 3. The quantitative estimate of drug-likeness (QED) is 0.576. The summed E-state index contributed by atoms with van der Waals surface area (Å²) in [6.45, 7) is 0. The Labute approximate surface area is 166 Å². The van der Waals surface area contributed by atoms with E-state index in [0.717, 1.165) is 6.20 Å². The molecule has 0 radical (unpaired) electrons. The van der Waals surface area contributed by atoms with E-state index >= 15 is 0 Å². The number of hydrogen-bond donors (Lipinski definition) is 2. The second-order valence-corrected chi connectivity index (χ2v) is 5.71. The first-order valence-electron chi connectivity index (χ1n) is 7.86. The molecule has 3 rings (SSSR count). The molecular weight excluding hydrogens is 443 g/mol. The lowest BCUT2D eigenvalue weighted by Crippen LogP contribution is -2.19. The van der Waals surface area contributed by atoms with Crippen LogP contribution in [0.4, 0.5) is 42.4 Å². The zero-order chi connectivity index (χ0) is 23.0. The Morgan fingerprint density at radius 2 is 1.87 bits per heavy atom. The molecule has 164 valence electrons. The molecule has 0 aliphatic carbocycles. The molecule has 1 amide bonds. The van der Waals surface area contributed by atoms with E-state index in [0.29, 0.717) is 24.5 Å². The Bertz CT molecular complexity index is 1130. The molecule has 0 spiro atoms. The highest BCUT2D eigenvalue weighted by Crippen LogP contribution is 2.36. The highest BCUT2D eigenvalue weighted by atomic mass is 19.4. The fraction of sp³-hybridized carbons (Fsp3) is 0.125. The summed E-state index contributed by atoms with van der Waals surface area (Å²) in [6, 6.07) is 2.06. The van der Waals surface area contributed by atoms with Crippen molar-refractivity contribution in [3.05, 3.63) is 47.7 Å². The minimum Gasteiger partial charge on any atom is -0.405 e. The van der Waals surface area contributed by atoms with Gasteiger partial charge in [-0.2, -0.15) is 13.2 Å². The Hall–Kier alpha value is -3.91. The molecule has 0 saturated carbocycles. The van der Waals surface area contributed by atoms with Crippen molar-refractivity contribution < 1.29 is 44.8 Å². The van der Waals surface area contributed by atoms with Crippen molar-refractivity contribution in [1.29, 1.82) is 0 Å². The number of nitrogens with two attached hydrogens (primary N) is 1. The van der Waals surface area contributed by atoms with Crippen LogP contribution in [-0.4, -0.2) is 27.4 Å². The number of hydrogen-bond acceptors (Lipinski definition) is 7. The van der Waals surface area contributed by atoms with Gasteiger partial charge >= 0.3 is 12.5 Å². The zero-order valence-corrected chi connectivity index (χ0v) is 14.7. The van der Waals surface area contributed by atoms with E-state index in [1.807, 2.05) is 5.32 Å². The molecule has 0 unspecified atom stereocenters. The summed E-state index contributed by atoms with van der Waals surface area (Å²) >= 11 is 0. The molecule has 0 atom stereocenters. The summed E-state index contributed by atoms with van der Waals surface area (Å²) in [5, 5.41) is 4.67. The van der Waals surface area contributed by atoms with E-state index in [9.17, 15) is 35.5 Å². The van der Waals surface area contributed by atoms with E-state index in [2.05, 4.69) is 24.4 Å². The minimum atomic E-state index is -5.10. The van der Waals surface area contributed by atoms with Gasteiger partial charge in [0.25, 0.3) is 5.91 Å². The standard InChI is InChI=1S/C16H8F7N5O3/c17-6-1-2-9(31-16(21,22)23)7(3-6)11-13(24)26-10(4-25-11)27-14(29)8-5-30-28-12(8)15(18,19)20/h1-5H,(H3,24,26,27,29). The number of nitrogens with one attached hydrogen (secondary N) is 1. The van der Waals surface area contributed by atoms with Crippen molar-refractivity contribution in [3.63, 3.8) is 0 Å². The molecule has 2 heterocycles. The number of carbonyl (C=O) groups is 1. The van der Waals surface area contributed by atoms with Crippen LogP contribution in [0, 0.1) is 5.82 Å². The average Bonchev–Trinajstić information content (AvgIpc) is 3.13. The van der Waals surface area contributed by atoms with Crippen molar-refractivity contribution in [2.45, 2.75) is 12.5 Å². The van der Waals surface area contributed by atoms with Crippen LogP contribution >= 0.6 is 0 Å². The Kier molecular flexibility index (Phi) is 5.43. The van der Waals surface area contributed by atoms with E-state index in [-0.39, 0.29) is 0 Å². The van der Waals surface area contributed by atoms with E-state index < -0.39 is 64.2 Å². The van der Waals surface area contributed by atoms with Gasteiger partial charge < -0.3 is 20.3 Å². The van der Waals surface area contributed by atoms with Crippen molar-refractivity contribution in [3.8, 4) is 17.0 Å². The van der Waals surface area contributed by atoms with Crippen molar-refractivity contribution in [2.75, 3.05) is 11.1 Å². The summed E-state index contributed by atoms with van der Waals surface area (Å²) in [5.41, 5.74) is 2.16. The average molecular weight is 451 g/mol. The Balaban J connectivity index is 1.91. The smallest absolute Gasteiger partial charge is 0.405 e. The number of carbonyl (C=O) groups excluding carboxylic acids is 1. The van der Waals surface area contributed by atoms with Gasteiger partial charge in [0.1, 0.15) is 29.1 Å². The fourth-order valence-electron chi connectivity index (χ4n) is 2.36. The molecule has 0 aliphatic heterocycles. The van der Waals surface area contributed by atoms with E-state index in [4.69, 9.17) is 5.73 Å². The van der Waals surface area contributed by atoms with Crippen LogP contribution in [0.2, 0.25) is 0 Å². The maximum atomic E-state index is 13.6. The van der Waals surface area contributed by atoms with Crippen LogP contribution < -0.4 is 15.8 Å². The number of benzene rings is 1. The van der Waals surface area contributed by atoms with Crippen LogP contribution in [0.5, 0.6) is 5.75 Å². The molecule has 1 aromatic carbocycles. The lowest BCUT2D eigenvalue weighted by Gasteiger charge is -2.14. The number of alkyl halides is 6. The third-order valence-electron chi connectivity index (χ3n) is 3.55. The highest BCUT2D eigenvalue weighted by molar-refractivity contribution is 6.04. The largest absolute Gasteiger partial charge is 0.573 e. The normalized spacial score (nSPS) is 12.0.